The normalized spacial score (nSPS) is 20.5. The molecule has 2 heteroatoms. The summed E-state index contributed by atoms with van der Waals surface area (Å²) in [4.78, 5) is 2.52. The molecule has 0 amide bonds. The molecule has 1 unspecified atom stereocenters. The topological polar surface area (TPSA) is 3.24 Å². The van der Waals surface area contributed by atoms with Crippen LogP contribution in [0.2, 0.25) is 0 Å². The minimum atomic E-state index is 0.797. The lowest BCUT2D eigenvalue weighted by Crippen LogP contribution is -2.30. The molecule has 0 saturated heterocycles. The first-order valence-electron chi connectivity index (χ1n) is 4.91. The van der Waals surface area contributed by atoms with Crippen LogP contribution >= 0.6 is 15.9 Å². The first-order valence-corrected chi connectivity index (χ1v) is 6.03. The Balaban J connectivity index is 2.25. The summed E-state index contributed by atoms with van der Waals surface area (Å²) in [5.74, 6) is 1.61. The van der Waals surface area contributed by atoms with Crippen LogP contribution in [0.5, 0.6) is 0 Å². The molecule has 1 fully saturated rings. The van der Waals surface area contributed by atoms with Crippen LogP contribution in [0.4, 0.5) is 0 Å². The molecule has 1 atom stereocenters. The predicted octanol–water partition coefficient (Wildman–Crippen LogP) is 2.75. The van der Waals surface area contributed by atoms with Crippen molar-refractivity contribution in [1.29, 1.82) is 0 Å². The number of alkyl halides is 1. The van der Waals surface area contributed by atoms with E-state index >= 15 is 0 Å². The summed E-state index contributed by atoms with van der Waals surface area (Å²) in [6.07, 6.45) is 2.84. The van der Waals surface area contributed by atoms with E-state index in [9.17, 15) is 0 Å². The summed E-state index contributed by atoms with van der Waals surface area (Å²) >= 11 is 3.59. The smallest absolute Gasteiger partial charge is 0.00934 e. The van der Waals surface area contributed by atoms with Crippen molar-refractivity contribution in [3.8, 4) is 0 Å². The van der Waals surface area contributed by atoms with Gasteiger partial charge < -0.3 is 4.90 Å². The molecule has 1 nitrogen and oxygen atoms in total. The fourth-order valence-electron chi connectivity index (χ4n) is 1.47. The van der Waals surface area contributed by atoms with Gasteiger partial charge in [-0.2, -0.15) is 0 Å². The van der Waals surface area contributed by atoms with Crippen molar-refractivity contribution in [3.05, 3.63) is 0 Å². The lowest BCUT2D eigenvalue weighted by molar-refractivity contribution is 0.246. The average molecular weight is 234 g/mol. The van der Waals surface area contributed by atoms with Crippen molar-refractivity contribution in [1.82, 2.24) is 4.90 Å². The van der Waals surface area contributed by atoms with E-state index in [4.69, 9.17) is 0 Å². The third-order valence-corrected chi connectivity index (χ3v) is 3.67. The maximum absolute atomic E-state index is 3.59. The van der Waals surface area contributed by atoms with Crippen LogP contribution in [0.25, 0.3) is 0 Å². The molecule has 0 radical (unpaired) electrons. The van der Waals surface area contributed by atoms with Crippen LogP contribution in [-0.2, 0) is 0 Å². The second-order valence-electron chi connectivity index (χ2n) is 4.33. The van der Waals surface area contributed by atoms with E-state index in [1.54, 1.807) is 0 Å². The fourth-order valence-corrected chi connectivity index (χ4v) is 2.42. The highest BCUT2D eigenvalue weighted by atomic mass is 79.9. The van der Waals surface area contributed by atoms with Crippen LogP contribution in [0.1, 0.15) is 26.7 Å². The largest absolute Gasteiger partial charge is 0.303 e. The zero-order valence-electron chi connectivity index (χ0n) is 8.39. The Hall–Kier alpha value is 0.440. The van der Waals surface area contributed by atoms with Gasteiger partial charge >= 0.3 is 0 Å². The van der Waals surface area contributed by atoms with Crippen LogP contribution < -0.4 is 0 Å². The maximum atomic E-state index is 3.59. The monoisotopic (exact) mass is 233 g/mol. The van der Waals surface area contributed by atoms with E-state index in [1.165, 1.54) is 19.4 Å². The van der Waals surface area contributed by atoms with Gasteiger partial charge in [0.05, 0.1) is 0 Å². The quantitative estimate of drug-likeness (QED) is 0.661. The van der Waals surface area contributed by atoms with Crippen molar-refractivity contribution >= 4 is 15.9 Å². The zero-order valence-corrected chi connectivity index (χ0v) is 9.97. The third-order valence-electron chi connectivity index (χ3n) is 2.83. The van der Waals surface area contributed by atoms with E-state index in [0.717, 1.165) is 23.2 Å². The Bertz CT molecular complexity index is 132. The molecule has 0 heterocycles. The van der Waals surface area contributed by atoms with Gasteiger partial charge in [-0.25, -0.2) is 0 Å². The van der Waals surface area contributed by atoms with Gasteiger partial charge in [0.25, 0.3) is 0 Å². The van der Waals surface area contributed by atoms with Crippen molar-refractivity contribution in [2.45, 2.75) is 32.7 Å². The Labute approximate surface area is 84.6 Å². The predicted molar refractivity (Wildman–Crippen MR) is 57.8 cm³/mol. The molecule has 1 rings (SSSR count). The molecule has 1 aliphatic carbocycles. The van der Waals surface area contributed by atoms with Gasteiger partial charge in [-0.1, -0.05) is 29.8 Å². The lowest BCUT2D eigenvalue weighted by atomic mass is 9.98. The average Bonchev–Trinajstić information content (AvgIpc) is 2.80. The van der Waals surface area contributed by atoms with Crippen molar-refractivity contribution < 1.29 is 0 Å². The van der Waals surface area contributed by atoms with Crippen LogP contribution in [0, 0.1) is 11.8 Å². The van der Waals surface area contributed by atoms with E-state index in [1.807, 2.05) is 0 Å². The first kappa shape index (κ1) is 10.5. The number of rotatable bonds is 5. The van der Waals surface area contributed by atoms with E-state index < -0.39 is 0 Å². The molecule has 0 aliphatic heterocycles. The molecule has 0 aromatic rings. The summed E-state index contributed by atoms with van der Waals surface area (Å²) < 4.78 is 0. The minimum Gasteiger partial charge on any atom is -0.303 e. The van der Waals surface area contributed by atoms with Gasteiger partial charge in [0.1, 0.15) is 0 Å². The molecule has 72 valence electrons. The van der Waals surface area contributed by atoms with Gasteiger partial charge in [-0.3, -0.25) is 0 Å². The molecule has 0 N–H and O–H groups in total. The number of hydrogen-bond donors (Lipinski definition) is 0. The Morgan fingerprint density at radius 2 is 2.00 bits per heavy atom. The summed E-state index contributed by atoms with van der Waals surface area (Å²) in [5, 5.41) is 1.14. The summed E-state index contributed by atoms with van der Waals surface area (Å²) in [6.45, 7) is 5.88. The number of nitrogens with zero attached hydrogens (tertiary/aromatic N) is 1. The molecular formula is C10H20BrN. The number of hydrogen-bond acceptors (Lipinski definition) is 1. The SMILES string of the molecule is CC(C)C(CBr)CN(C)C1CC1. The van der Waals surface area contributed by atoms with Crippen molar-refractivity contribution in [3.63, 3.8) is 0 Å². The second-order valence-corrected chi connectivity index (χ2v) is 4.98. The summed E-state index contributed by atoms with van der Waals surface area (Å²) in [7, 11) is 2.26. The van der Waals surface area contributed by atoms with Gasteiger partial charge in [0, 0.05) is 17.9 Å². The van der Waals surface area contributed by atoms with E-state index in [-0.39, 0.29) is 0 Å². The van der Waals surface area contributed by atoms with Crippen LogP contribution in [0.15, 0.2) is 0 Å². The molecule has 1 aliphatic rings. The second kappa shape index (κ2) is 4.61. The zero-order chi connectivity index (χ0) is 9.14. The Morgan fingerprint density at radius 1 is 1.42 bits per heavy atom. The molecular weight excluding hydrogens is 214 g/mol. The Morgan fingerprint density at radius 3 is 2.33 bits per heavy atom. The van der Waals surface area contributed by atoms with Gasteiger partial charge in [0.15, 0.2) is 0 Å². The van der Waals surface area contributed by atoms with E-state index in [2.05, 4.69) is 41.7 Å². The van der Waals surface area contributed by atoms with Crippen molar-refractivity contribution in [2.24, 2.45) is 11.8 Å². The van der Waals surface area contributed by atoms with Gasteiger partial charge in [-0.15, -0.1) is 0 Å². The maximum Gasteiger partial charge on any atom is 0.00934 e. The molecule has 0 spiro atoms. The molecule has 1 saturated carbocycles. The van der Waals surface area contributed by atoms with Crippen molar-refractivity contribution in [2.75, 3.05) is 18.9 Å². The molecule has 0 aromatic carbocycles. The Kier molecular flexibility index (Phi) is 4.04. The first-order chi connectivity index (χ1) is 5.65. The molecule has 0 bridgehead atoms. The van der Waals surface area contributed by atoms with Crippen LogP contribution in [-0.4, -0.2) is 29.9 Å². The standard InChI is InChI=1S/C10H20BrN/c1-8(2)9(6-11)7-12(3)10-4-5-10/h8-10H,4-7H2,1-3H3. The lowest BCUT2D eigenvalue weighted by Gasteiger charge is -2.25. The number of halogens is 1. The van der Waals surface area contributed by atoms with Gasteiger partial charge in [-0.05, 0) is 31.7 Å². The fraction of sp³-hybridized carbons (Fsp3) is 1.00. The van der Waals surface area contributed by atoms with Gasteiger partial charge in [0.2, 0.25) is 0 Å². The molecule has 0 aromatic heterocycles. The summed E-state index contributed by atoms with van der Waals surface area (Å²) in [5.41, 5.74) is 0. The van der Waals surface area contributed by atoms with Crippen LogP contribution in [0.3, 0.4) is 0 Å². The highest BCUT2D eigenvalue weighted by Crippen LogP contribution is 2.27. The summed E-state index contributed by atoms with van der Waals surface area (Å²) in [6, 6.07) is 0.908. The van der Waals surface area contributed by atoms with E-state index in [0.29, 0.717) is 0 Å². The third kappa shape index (κ3) is 3.06. The molecule has 12 heavy (non-hydrogen) atoms. The minimum absolute atomic E-state index is 0.797. The highest BCUT2D eigenvalue weighted by Gasteiger charge is 2.27. The highest BCUT2D eigenvalue weighted by molar-refractivity contribution is 9.09.